The number of ether oxygens (including phenoxy) is 2. The molecule has 0 bridgehead atoms. The number of rotatable bonds is 7. The fourth-order valence-corrected chi connectivity index (χ4v) is 3.31. The molecule has 0 unspecified atom stereocenters. The Kier molecular flexibility index (Phi) is 7.05. The Morgan fingerprint density at radius 2 is 1.91 bits per heavy atom. The number of nitrogens with one attached hydrogen (secondary N) is 1. The van der Waals surface area contributed by atoms with E-state index in [1.165, 1.54) is 7.11 Å². The molecule has 3 aromatic rings. The maximum absolute atomic E-state index is 14.3. The second-order valence-corrected chi connectivity index (χ2v) is 7.34. The molecular weight excluding hydrogens is 455 g/mol. The molecule has 34 heavy (non-hydrogen) atoms. The first-order valence-electron chi connectivity index (χ1n) is 9.95. The highest BCUT2D eigenvalue weighted by atomic mass is 19.3. The van der Waals surface area contributed by atoms with Crippen LogP contribution < -0.4 is 20.6 Å². The molecule has 12 heteroatoms. The standard InChI is InChI=1S/C22H20F3N5O4/c1-10(23)17-19(34-16-6-13(20(24)25)5-14(7-26)18(16)33-4)22(32)30(9-27-17)8-15-11(2)28-12(3)29-21(15)31/h5-6,9-10,20H,8H2,1-4H3,(H,28,29,31)/t10-/m1/s1. The molecule has 178 valence electrons. The van der Waals surface area contributed by atoms with Crippen LogP contribution in [0, 0.1) is 25.2 Å². The first-order chi connectivity index (χ1) is 16.1. The lowest BCUT2D eigenvalue weighted by Gasteiger charge is -2.17. The van der Waals surface area contributed by atoms with Crippen molar-refractivity contribution in [2.24, 2.45) is 0 Å². The number of methoxy groups -OCH3 is 1. The maximum Gasteiger partial charge on any atom is 0.297 e. The molecule has 0 fully saturated rings. The lowest BCUT2D eigenvalue weighted by Crippen LogP contribution is -2.28. The van der Waals surface area contributed by atoms with E-state index in [4.69, 9.17) is 9.47 Å². The van der Waals surface area contributed by atoms with E-state index in [1.807, 2.05) is 0 Å². The molecule has 1 aromatic carbocycles. The molecule has 0 saturated heterocycles. The van der Waals surface area contributed by atoms with E-state index in [0.717, 1.165) is 30.0 Å². The SMILES string of the molecule is COc1c(C#N)cc(C(F)F)cc1Oc1c([C@@H](C)F)ncn(Cc2c(C)nc(C)[nH]c2=O)c1=O. The number of hydrogen-bond donors (Lipinski definition) is 1. The van der Waals surface area contributed by atoms with Crippen molar-refractivity contribution in [3.63, 3.8) is 0 Å². The minimum absolute atomic E-state index is 0.172. The molecular formula is C22H20F3N5O4. The number of hydrogen-bond acceptors (Lipinski definition) is 7. The van der Waals surface area contributed by atoms with E-state index in [-0.39, 0.29) is 29.2 Å². The summed E-state index contributed by atoms with van der Waals surface area (Å²) < 4.78 is 52.7. The molecule has 0 radical (unpaired) electrons. The van der Waals surface area contributed by atoms with Gasteiger partial charge in [-0.1, -0.05) is 0 Å². The fourth-order valence-electron chi connectivity index (χ4n) is 3.31. The van der Waals surface area contributed by atoms with E-state index in [1.54, 1.807) is 19.9 Å². The van der Waals surface area contributed by atoms with Crippen molar-refractivity contribution in [2.75, 3.05) is 7.11 Å². The summed E-state index contributed by atoms with van der Waals surface area (Å²) in [6.07, 6.45) is -3.66. The topological polar surface area (TPSA) is 123 Å². The molecule has 0 saturated carbocycles. The number of halogens is 3. The summed E-state index contributed by atoms with van der Waals surface area (Å²) in [5.41, 5.74) is -2.00. The number of aromatic nitrogens is 4. The van der Waals surface area contributed by atoms with Gasteiger partial charge in [-0.15, -0.1) is 0 Å². The molecule has 9 nitrogen and oxygen atoms in total. The van der Waals surface area contributed by atoms with Gasteiger partial charge in [0.25, 0.3) is 17.5 Å². The average molecular weight is 475 g/mol. The first-order valence-corrected chi connectivity index (χ1v) is 9.95. The highest BCUT2D eigenvalue weighted by Crippen LogP contribution is 2.38. The predicted octanol–water partition coefficient (Wildman–Crippen LogP) is 3.63. The van der Waals surface area contributed by atoms with Crippen LogP contribution in [0.1, 0.15) is 53.4 Å². The second kappa shape index (κ2) is 9.78. The maximum atomic E-state index is 14.3. The first kappa shape index (κ1) is 24.5. The van der Waals surface area contributed by atoms with Crippen LogP contribution in [0.25, 0.3) is 0 Å². The van der Waals surface area contributed by atoms with Gasteiger partial charge in [0.15, 0.2) is 11.5 Å². The van der Waals surface area contributed by atoms with Gasteiger partial charge in [-0.25, -0.2) is 23.1 Å². The zero-order valence-electron chi connectivity index (χ0n) is 18.6. The summed E-state index contributed by atoms with van der Waals surface area (Å²) in [6, 6.07) is 3.55. The van der Waals surface area contributed by atoms with Gasteiger partial charge < -0.3 is 14.5 Å². The number of aromatic amines is 1. The zero-order chi connectivity index (χ0) is 25.2. The largest absolute Gasteiger partial charge is 0.492 e. The van der Waals surface area contributed by atoms with E-state index in [9.17, 15) is 28.0 Å². The van der Waals surface area contributed by atoms with E-state index in [2.05, 4.69) is 15.0 Å². The summed E-state index contributed by atoms with van der Waals surface area (Å²) in [5, 5.41) is 9.32. The van der Waals surface area contributed by atoms with E-state index in [0.29, 0.717) is 11.5 Å². The van der Waals surface area contributed by atoms with Crippen LogP contribution in [0.15, 0.2) is 28.0 Å². The Labute approximate surface area is 191 Å². The molecule has 2 aromatic heterocycles. The molecule has 1 N–H and O–H groups in total. The lowest BCUT2D eigenvalue weighted by molar-refractivity contribution is 0.151. The summed E-state index contributed by atoms with van der Waals surface area (Å²) in [5.74, 6) is -0.808. The quantitative estimate of drug-likeness (QED) is 0.554. The van der Waals surface area contributed by atoms with Crippen LogP contribution >= 0.6 is 0 Å². The van der Waals surface area contributed by atoms with Gasteiger partial charge in [-0.3, -0.25) is 14.2 Å². The third-order valence-electron chi connectivity index (χ3n) is 4.94. The number of H-pyrrole nitrogens is 1. The Balaban J connectivity index is 2.18. The predicted molar refractivity (Wildman–Crippen MR) is 114 cm³/mol. The number of nitriles is 1. The van der Waals surface area contributed by atoms with E-state index < -0.39 is 40.7 Å². The van der Waals surface area contributed by atoms with Gasteiger partial charge in [-0.05, 0) is 32.9 Å². The summed E-state index contributed by atoms with van der Waals surface area (Å²) in [6.45, 7) is 4.06. The summed E-state index contributed by atoms with van der Waals surface area (Å²) in [7, 11) is 1.19. The van der Waals surface area contributed by atoms with Crippen molar-refractivity contribution in [1.82, 2.24) is 19.5 Å². The molecule has 0 aliphatic carbocycles. The van der Waals surface area contributed by atoms with Crippen LogP contribution in [0.5, 0.6) is 17.2 Å². The molecule has 3 rings (SSSR count). The molecule has 2 heterocycles. The fraction of sp³-hybridized carbons (Fsp3) is 0.318. The van der Waals surface area contributed by atoms with Gasteiger partial charge in [0.1, 0.15) is 23.8 Å². The van der Waals surface area contributed by atoms with Gasteiger partial charge in [-0.2, -0.15) is 5.26 Å². The molecule has 0 aliphatic heterocycles. The van der Waals surface area contributed by atoms with Crippen molar-refractivity contribution in [1.29, 1.82) is 5.26 Å². The van der Waals surface area contributed by atoms with Crippen LogP contribution in [0.3, 0.4) is 0 Å². The third-order valence-corrected chi connectivity index (χ3v) is 4.94. The van der Waals surface area contributed by atoms with E-state index >= 15 is 0 Å². The normalized spacial score (nSPS) is 11.9. The Bertz CT molecular complexity index is 1390. The third kappa shape index (κ3) is 4.78. The minimum Gasteiger partial charge on any atom is -0.492 e. The van der Waals surface area contributed by atoms with Crippen molar-refractivity contribution in [3.8, 4) is 23.3 Å². The smallest absolute Gasteiger partial charge is 0.297 e. The number of benzene rings is 1. The van der Waals surface area contributed by atoms with Crippen LogP contribution in [0.2, 0.25) is 0 Å². The monoisotopic (exact) mass is 475 g/mol. The highest BCUT2D eigenvalue weighted by molar-refractivity contribution is 5.56. The van der Waals surface area contributed by atoms with Gasteiger partial charge in [0, 0.05) is 11.3 Å². The van der Waals surface area contributed by atoms with Crippen molar-refractivity contribution in [2.45, 2.75) is 39.9 Å². The zero-order valence-corrected chi connectivity index (χ0v) is 18.6. The minimum atomic E-state index is -2.95. The van der Waals surface area contributed by atoms with Gasteiger partial charge in [0.2, 0.25) is 5.75 Å². The average Bonchev–Trinajstić information content (AvgIpc) is 2.77. The number of aryl methyl sites for hydroxylation is 2. The molecule has 0 spiro atoms. The molecule has 0 amide bonds. The summed E-state index contributed by atoms with van der Waals surface area (Å²) >= 11 is 0. The van der Waals surface area contributed by atoms with Gasteiger partial charge in [0.05, 0.1) is 31.1 Å². The van der Waals surface area contributed by atoms with Gasteiger partial charge >= 0.3 is 0 Å². The second-order valence-electron chi connectivity index (χ2n) is 7.34. The van der Waals surface area contributed by atoms with Crippen LogP contribution in [-0.2, 0) is 6.54 Å². The number of nitrogens with zero attached hydrogens (tertiary/aromatic N) is 4. The Morgan fingerprint density at radius 1 is 1.21 bits per heavy atom. The van der Waals surface area contributed by atoms with Crippen LogP contribution in [-0.4, -0.2) is 26.6 Å². The molecule has 0 aliphatic rings. The highest BCUT2D eigenvalue weighted by Gasteiger charge is 2.24. The van der Waals surface area contributed by atoms with Crippen LogP contribution in [0.4, 0.5) is 13.2 Å². The van der Waals surface area contributed by atoms with Crippen molar-refractivity contribution in [3.05, 3.63) is 73.1 Å². The van der Waals surface area contributed by atoms with Crippen molar-refractivity contribution < 1.29 is 22.6 Å². The number of alkyl halides is 3. The summed E-state index contributed by atoms with van der Waals surface area (Å²) in [4.78, 5) is 36.2. The molecule has 1 atom stereocenters. The van der Waals surface area contributed by atoms with Crippen molar-refractivity contribution >= 4 is 0 Å². The lowest BCUT2D eigenvalue weighted by atomic mass is 10.1. The Morgan fingerprint density at radius 3 is 2.47 bits per heavy atom. The Hall–Kier alpha value is -4.14.